The van der Waals surface area contributed by atoms with Gasteiger partial charge in [0.2, 0.25) is 0 Å². The number of nitrogens with zero attached hydrogens (tertiary/aromatic N) is 5. The van der Waals surface area contributed by atoms with Crippen LogP contribution in [-0.2, 0) is 31.8 Å². The molecule has 1 N–H and O–H groups in total. The maximum atomic E-state index is 13.9. The lowest BCUT2D eigenvalue weighted by molar-refractivity contribution is -0.128. The highest BCUT2D eigenvalue weighted by Gasteiger charge is 2.32. The molecule has 2 amide bonds. The van der Waals surface area contributed by atoms with Crippen molar-refractivity contribution in [1.29, 1.82) is 0 Å². The first-order valence-electron chi connectivity index (χ1n) is 13.5. The average Bonchev–Trinajstić information content (AvgIpc) is 3.24. The summed E-state index contributed by atoms with van der Waals surface area (Å²) in [5.74, 6) is -0.381. The van der Waals surface area contributed by atoms with Crippen LogP contribution < -0.4 is 9.46 Å². The summed E-state index contributed by atoms with van der Waals surface area (Å²) in [5.41, 5.74) is 3.70. The number of hydrogen-bond acceptors (Lipinski definition) is 7. The largest absolute Gasteiger partial charge is 0.497 e. The van der Waals surface area contributed by atoms with Crippen LogP contribution in [0.3, 0.4) is 0 Å². The number of amides is 2. The number of rotatable bonds is 7. The van der Waals surface area contributed by atoms with Gasteiger partial charge in [-0.1, -0.05) is 6.07 Å². The van der Waals surface area contributed by atoms with Crippen molar-refractivity contribution < 1.29 is 31.2 Å². The van der Waals surface area contributed by atoms with E-state index in [1.165, 1.54) is 32.5 Å². The third-order valence-corrected chi connectivity index (χ3v) is 11.0. The van der Waals surface area contributed by atoms with E-state index >= 15 is 0 Å². The van der Waals surface area contributed by atoms with Crippen molar-refractivity contribution >= 4 is 49.2 Å². The van der Waals surface area contributed by atoms with Crippen LogP contribution in [-0.4, -0.2) is 113 Å². The number of ether oxygens (including phenoxy) is 1. The number of benzene rings is 2. The number of fused-ring (bicyclic) bond motifs is 5. The predicted octanol–water partition coefficient (Wildman–Crippen LogP) is 1.20. The van der Waals surface area contributed by atoms with Gasteiger partial charge < -0.3 is 14.2 Å². The van der Waals surface area contributed by atoms with Gasteiger partial charge in [-0.3, -0.25) is 9.59 Å². The minimum Gasteiger partial charge on any atom is -0.497 e. The van der Waals surface area contributed by atoms with E-state index in [-0.39, 0.29) is 44.2 Å². The highest BCUT2D eigenvalue weighted by atomic mass is 32.2. The molecule has 43 heavy (non-hydrogen) atoms. The van der Waals surface area contributed by atoms with Crippen molar-refractivity contribution in [3.8, 4) is 17.0 Å². The second-order valence-corrected chi connectivity index (χ2v) is 14.7. The van der Waals surface area contributed by atoms with Crippen LogP contribution in [0.2, 0.25) is 0 Å². The molecule has 0 aliphatic carbocycles. The fourth-order valence-electron chi connectivity index (χ4n) is 5.17. The standard InChI is InChI=1S/C28H34N6O7S2/c1-30(2)42(37,38)29-27(35)20-7-6-19-16-26-24-9-8-23(41-5)15-21(24)14-22(18-34(26)25(19)17-20)28(36)32-10-12-33(13-11-32)43(39,40)31(3)4/h6-9,14-17H,10-13,18H2,1-5H3,(H,29,35). The average molecular weight is 631 g/mol. The number of carbonyl (C=O) groups is 2. The fourth-order valence-corrected chi connectivity index (χ4v) is 6.79. The molecule has 0 unspecified atom stereocenters. The van der Waals surface area contributed by atoms with Crippen LogP contribution >= 0.6 is 0 Å². The van der Waals surface area contributed by atoms with Crippen LogP contribution in [0, 0.1) is 0 Å². The van der Waals surface area contributed by atoms with Gasteiger partial charge >= 0.3 is 10.2 Å². The quantitative estimate of drug-likeness (QED) is 0.414. The molecule has 2 aliphatic rings. The van der Waals surface area contributed by atoms with Gasteiger partial charge in [-0.25, -0.2) is 4.72 Å². The number of nitrogens with one attached hydrogen (secondary N) is 1. The van der Waals surface area contributed by atoms with Crippen molar-refractivity contribution in [1.82, 2.24) is 27.1 Å². The summed E-state index contributed by atoms with van der Waals surface area (Å²) in [6.45, 7) is 0.994. The zero-order valence-electron chi connectivity index (χ0n) is 24.6. The van der Waals surface area contributed by atoms with E-state index in [1.54, 1.807) is 30.2 Å². The lowest BCUT2D eigenvalue weighted by Gasteiger charge is -2.35. The van der Waals surface area contributed by atoms with Crippen molar-refractivity contribution in [3.63, 3.8) is 0 Å². The molecular formula is C28H34N6O7S2. The van der Waals surface area contributed by atoms with Crippen molar-refractivity contribution in [2.24, 2.45) is 0 Å². The van der Waals surface area contributed by atoms with Gasteiger partial charge in [0.15, 0.2) is 0 Å². The van der Waals surface area contributed by atoms with E-state index in [4.69, 9.17) is 4.74 Å². The Bertz CT molecular complexity index is 1860. The third-order valence-electron chi connectivity index (χ3n) is 7.65. The molecule has 0 radical (unpaired) electrons. The Hall–Kier alpha value is -3.76. The SMILES string of the molecule is COc1ccc2c(c1)C=C(C(=O)N1CCN(S(=O)(=O)N(C)C)CC1)Cn1c-2cc2ccc(C(=O)NS(=O)(=O)N(C)C)cc21. The molecule has 1 fully saturated rings. The Labute approximate surface area is 251 Å². The van der Waals surface area contributed by atoms with Crippen LogP contribution in [0.5, 0.6) is 5.75 Å². The van der Waals surface area contributed by atoms with Crippen molar-refractivity contribution in [2.45, 2.75) is 6.54 Å². The first-order chi connectivity index (χ1) is 20.2. The van der Waals surface area contributed by atoms with Gasteiger partial charge in [-0.15, -0.1) is 0 Å². The summed E-state index contributed by atoms with van der Waals surface area (Å²) in [5, 5.41) is 0.806. The van der Waals surface area contributed by atoms with E-state index in [9.17, 15) is 26.4 Å². The number of piperazine rings is 1. The predicted molar refractivity (Wildman–Crippen MR) is 163 cm³/mol. The topological polar surface area (TPSA) is 142 Å². The molecule has 0 saturated carbocycles. The second-order valence-electron chi connectivity index (χ2n) is 10.7. The number of hydrogen-bond donors (Lipinski definition) is 1. The maximum Gasteiger partial charge on any atom is 0.303 e. The molecule has 0 bridgehead atoms. The van der Waals surface area contributed by atoms with Crippen molar-refractivity contribution in [2.75, 3.05) is 61.5 Å². The van der Waals surface area contributed by atoms with E-state index < -0.39 is 26.3 Å². The summed E-state index contributed by atoms with van der Waals surface area (Å²) in [7, 11) is -0.418. The van der Waals surface area contributed by atoms with E-state index in [2.05, 4.69) is 4.72 Å². The number of methoxy groups -OCH3 is 1. The summed E-state index contributed by atoms with van der Waals surface area (Å²) >= 11 is 0. The Morgan fingerprint density at radius 3 is 2.21 bits per heavy atom. The van der Waals surface area contributed by atoms with Gasteiger partial charge in [0.25, 0.3) is 22.0 Å². The molecular weight excluding hydrogens is 596 g/mol. The minimum atomic E-state index is -3.99. The lowest BCUT2D eigenvalue weighted by atomic mass is 10.0. The Morgan fingerprint density at radius 1 is 0.884 bits per heavy atom. The molecule has 2 aromatic carbocycles. The molecule has 230 valence electrons. The third kappa shape index (κ3) is 5.78. The molecule has 1 saturated heterocycles. The summed E-state index contributed by atoms with van der Waals surface area (Å²) in [6.07, 6.45) is 1.82. The zero-order chi connectivity index (χ0) is 31.3. The fraction of sp³-hybridized carbons (Fsp3) is 0.357. The molecule has 5 rings (SSSR count). The molecule has 0 spiro atoms. The first-order valence-corrected chi connectivity index (χ1v) is 16.3. The minimum absolute atomic E-state index is 0.146. The molecule has 2 aliphatic heterocycles. The highest BCUT2D eigenvalue weighted by molar-refractivity contribution is 7.87. The molecule has 15 heteroatoms. The van der Waals surface area contributed by atoms with Gasteiger partial charge in [0.05, 0.1) is 19.3 Å². The molecule has 0 atom stereocenters. The first kappa shape index (κ1) is 30.7. The summed E-state index contributed by atoms with van der Waals surface area (Å²) in [4.78, 5) is 28.5. The summed E-state index contributed by atoms with van der Waals surface area (Å²) < 4.78 is 62.6. The Balaban J connectivity index is 1.53. The second kappa shape index (κ2) is 11.4. The van der Waals surface area contributed by atoms with E-state index in [0.717, 1.165) is 30.8 Å². The van der Waals surface area contributed by atoms with E-state index in [0.29, 0.717) is 16.8 Å². The monoisotopic (exact) mass is 630 g/mol. The van der Waals surface area contributed by atoms with Gasteiger partial charge in [0.1, 0.15) is 5.75 Å². The smallest absolute Gasteiger partial charge is 0.303 e. The van der Waals surface area contributed by atoms with E-state index in [1.807, 2.05) is 34.9 Å². The zero-order valence-corrected chi connectivity index (χ0v) is 26.2. The molecule has 1 aromatic heterocycles. The molecule has 13 nitrogen and oxygen atoms in total. The number of aromatic nitrogens is 1. The van der Waals surface area contributed by atoms with Crippen LogP contribution in [0.15, 0.2) is 48.0 Å². The van der Waals surface area contributed by atoms with Crippen LogP contribution in [0.1, 0.15) is 15.9 Å². The molecule has 3 aromatic rings. The number of carbonyl (C=O) groups excluding carboxylic acids is 2. The van der Waals surface area contributed by atoms with Gasteiger partial charge in [-0.05, 0) is 48.0 Å². The Kier molecular flexibility index (Phi) is 8.13. The normalized spacial score (nSPS) is 16.1. The Morgan fingerprint density at radius 2 is 1.58 bits per heavy atom. The maximum absolute atomic E-state index is 13.9. The van der Waals surface area contributed by atoms with Gasteiger partial charge in [-0.2, -0.15) is 29.8 Å². The highest BCUT2D eigenvalue weighted by Crippen LogP contribution is 2.37. The van der Waals surface area contributed by atoms with Gasteiger partial charge in [0, 0.05) is 82.0 Å². The van der Waals surface area contributed by atoms with Crippen LogP contribution in [0.4, 0.5) is 0 Å². The molecule has 3 heterocycles. The van der Waals surface area contributed by atoms with Crippen molar-refractivity contribution in [3.05, 3.63) is 59.2 Å². The van der Waals surface area contributed by atoms with Crippen LogP contribution in [0.25, 0.3) is 28.2 Å². The summed E-state index contributed by atoms with van der Waals surface area (Å²) in [6, 6.07) is 12.5. The lowest BCUT2D eigenvalue weighted by Crippen LogP contribution is -2.53.